The summed E-state index contributed by atoms with van der Waals surface area (Å²) in [5, 5.41) is 0. The highest BCUT2D eigenvalue weighted by Gasteiger charge is 3.31. The van der Waals surface area contributed by atoms with Gasteiger partial charge >= 0.3 is 0 Å². The van der Waals surface area contributed by atoms with Crippen molar-refractivity contribution in [1.29, 1.82) is 0 Å². The molecule has 0 aliphatic heterocycles. The molecule has 5 atom stereocenters. The van der Waals surface area contributed by atoms with E-state index >= 15 is 0 Å². The molecule has 130 valence electrons. The van der Waals surface area contributed by atoms with Crippen molar-refractivity contribution in [2.75, 3.05) is 5.88 Å². The Balaban J connectivity index is 2.07. The van der Waals surface area contributed by atoms with Crippen molar-refractivity contribution in [3.8, 4) is 0 Å². The quantitative estimate of drug-likeness (QED) is 0.220. The zero-order valence-corrected chi connectivity index (χ0v) is 20.7. The molecule has 0 radical (unpaired) electrons. The molecular formula is C11H2Cl11I. The highest BCUT2D eigenvalue weighted by Crippen LogP contribution is 3.14. The summed E-state index contributed by atoms with van der Waals surface area (Å²) in [6, 6.07) is 0. The summed E-state index contributed by atoms with van der Waals surface area (Å²) < 4.78 is -3.15. The fourth-order valence-electron chi connectivity index (χ4n) is 6.43. The van der Waals surface area contributed by atoms with Crippen molar-refractivity contribution in [1.82, 2.24) is 0 Å². The normalized spacial score (nSPS) is 81.4. The van der Waals surface area contributed by atoms with Crippen LogP contribution in [0.5, 0.6) is 0 Å². The summed E-state index contributed by atoms with van der Waals surface area (Å²) in [6.45, 7) is 0. The van der Waals surface area contributed by atoms with E-state index < -0.39 is 46.7 Å². The van der Waals surface area contributed by atoms with Crippen LogP contribution in [0.3, 0.4) is 0 Å². The third-order valence-corrected chi connectivity index (χ3v) is 18.5. The topological polar surface area (TPSA) is 0 Å². The van der Waals surface area contributed by atoms with Gasteiger partial charge in [0.15, 0.2) is 4.33 Å². The Bertz CT molecular complexity index is 703. The molecule has 0 aromatic carbocycles. The predicted octanol–water partition coefficient (Wildman–Crippen LogP) is 6.67. The maximum atomic E-state index is 7.03. The Labute approximate surface area is 200 Å². The van der Waals surface area contributed by atoms with Crippen LogP contribution in [0.25, 0.3) is 0 Å². The lowest BCUT2D eigenvalue weighted by atomic mass is 9.37. The molecule has 0 saturated heterocycles. The second-order valence-corrected chi connectivity index (χ2v) is 15.2. The van der Waals surface area contributed by atoms with Gasteiger partial charge in [-0.05, 0) is 0 Å². The van der Waals surface area contributed by atoms with Gasteiger partial charge in [0.1, 0.15) is 37.0 Å². The lowest BCUT2D eigenvalue weighted by Crippen LogP contribution is -3.03. The molecule has 0 aromatic heterocycles. The predicted molar refractivity (Wildman–Crippen MR) is 110 cm³/mol. The van der Waals surface area contributed by atoms with E-state index in [0.29, 0.717) is 0 Å². The van der Waals surface area contributed by atoms with E-state index in [9.17, 15) is 0 Å². The number of hydrogen-bond acceptors (Lipinski definition) is 0. The number of hydrogen-bond donors (Lipinski definition) is 0. The molecule has 5 unspecified atom stereocenters. The van der Waals surface area contributed by atoms with Crippen molar-refractivity contribution in [3.05, 3.63) is 0 Å². The third kappa shape index (κ3) is 0.839. The van der Waals surface area contributed by atoms with Crippen LogP contribution >= 0.6 is 150 Å². The van der Waals surface area contributed by atoms with E-state index in [-0.39, 0.29) is 5.88 Å². The first kappa shape index (κ1) is 18.9. The second kappa shape index (κ2) is 3.82. The third-order valence-electron chi connectivity index (χ3n) is 7.01. The molecule has 4 bridgehead atoms. The minimum Gasteiger partial charge on any atom is -0.126 e. The van der Waals surface area contributed by atoms with Crippen LogP contribution in [-0.4, -0.2) is 47.2 Å². The maximum Gasteiger partial charge on any atom is 0.163 e. The average molecular weight is 651 g/mol. The van der Waals surface area contributed by atoms with Gasteiger partial charge in [-0.25, -0.2) is 0 Å². The molecule has 6 aliphatic rings. The number of rotatable bonds is 1. The first-order chi connectivity index (χ1) is 10.1. The van der Waals surface area contributed by atoms with Gasteiger partial charge in [0.05, 0.1) is 5.41 Å². The molecule has 0 nitrogen and oxygen atoms in total. The Morgan fingerprint density at radius 3 is 1.22 bits per heavy atom. The molecule has 6 saturated carbocycles. The summed E-state index contributed by atoms with van der Waals surface area (Å²) in [5.41, 5.74) is -1.24. The van der Waals surface area contributed by atoms with E-state index in [0.717, 1.165) is 0 Å². The van der Waals surface area contributed by atoms with Crippen LogP contribution in [0.1, 0.15) is 0 Å². The monoisotopic (exact) mass is 646 g/mol. The zero-order valence-electron chi connectivity index (χ0n) is 10.2. The summed E-state index contributed by atoms with van der Waals surface area (Å²) in [7, 11) is 0. The first-order valence-corrected chi connectivity index (χ1v) is 11.6. The molecule has 12 heteroatoms. The first-order valence-electron chi connectivity index (χ1n) is 6.20. The van der Waals surface area contributed by atoms with Gasteiger partial charge in [-0.3, -0.25) is 0 Å². The van der Waals surface area contributed by atoms with Crippen LogP contribution in [0.2, 0.25) is 0 Å². The van der Waals surface area contributed by atoms with Crippen molar-refractivity contribution >= 4 is 150 Å². The van der Waals surface area contributed by atoms with Gasteiger partial charge in [0.25, 0.3) is 0 Å². The Morgan fingerprint density at radius 2 is 0.870 bits per heavy atom. The Hall–Kier alpha value is 3.92. The van der Waals surface area contributed by atoms with Gasteiger partial charge in [-0.1, -0.05) is 45.8 Å². The van der Waals surface area contributed by atoms with Crippen molar-refractivity contribution < 1.29 is 0 Å². The molecule has 0 heterocycles. The molecule has 6 fully saturated rings. The molecule has 0 N–H and O–H groups in total. The summed E-state index contributed by atoms with van der Waals surface area (Å²) in [4.78, 5) is -11.2. The fraction of sp³-hybridized carbons (Fsp3) is 1.00. The number of halogens is 12. The van der Waals surface area contributed by atoms with Crippen molar-refractivity contribution in [3.63, 3.8) is 0 Å². The highest BCUT2D eigenvalue weighted by molar-refractivity contribution is 14.1. The zero-order chi connectivity index (χ0) is 17.7. The second-order valence-electron chi connectivity index (χ2n) is 6.80. The lowest BCUT2D eigenvalue weighted by Gasteiger charge is -2.82. The molecule has 0 amide bonds. The van der Waals surface area contributed by atoms with Crippen LogP contribution < -0.4 is 0 Å². The molecule has 6 rings (SSSR count). The van der Waals surface area contributed by atoms with E-state index in [1.807, 2.05) is 22.6 Å². The molecule has 0 spiro atoms. The van der Waals surface area contributed by atoms with Crippen molar-refractivity contribution in [2.45, 2.75) is 41.3 Å². The molecule has 23 heavy (non-hydrogen) atoms. The Morgan fingerprint density at radius 1 is 0.522 bits per heavy atom. The van der Waals surface area contributed by atoms with E-state index in [1.165, 1.54) is 0 Å². The van der Waals surface area contributed by atoms with E-state index in [4.69, 9.17) is 128 Å². The summed E-state index contributed by atoms with van der Waals surface area (Å²) >= 11 is 77.0. The van der Waals surface area contributed by atoms with Crippen LogP contribution in [0.4, 0.5) is 0 Å². The van der Waals surface area contributed by atoms with E-state index in [2.05, 4.69) is 0 Å². The molecular weight excluding hydrogens is 649 g/mol. The lowest BCUT2D eigenvalue weighted by molar-refractivity contribution is -0.0666. The SMILES string of the molecule is ClCC12C(Cl)(I)C3(Cl)C4(Cl)C5(Cl)C(Cl)(Cl)C(Cl)(C41Cl)C2(Cl)C53Cl. The molecule has 6 aliphatic carbocycles. The van der Waals surface area contributed by atoms with Crippen LogP contribution in [0.15, 0.2) is 0 Å². The van der Waals surface area contributed by atoms with E-state index in [1.54, 1.807) is 0 Å². The van der Waals surface area contributed by atoms with Gasteiger partial charge in [0.2, 0.25) is 0 Å². The minimum atomic E-state index is -1.84. The van der Waals surface area contributed by atoms with Gasteiger partial charge in [0, 0.05) is 5.88 Å². The minimum absolute atomic E-state index is 0.0881. The average Bonchev–Trinajstić information content (AvgIpc) is 2.67. The summed E-state index contributed by atoms with van der Waals surface area (Å²) in [6.07, 6.45) is 0. The van der Waals surface area contributed by atoms with Gasteiger partial charge < -0.3 is 0 Å². The summed E-state index contributed by atoms with van der Waals surface area (Å²) in [5.74, 6) is -0.0881. The largest absolute Gasteiger partial charge is 0.163 e. The van der Waals surface area contributed by atoms with Crippen LogP contribution in [0, 0.1) is 5.41 Å². The molecule has 0 aromatic rings. The smallest absolute Gasteiger partial charge is 0.126 e. The standard InChI is InChI=1S/C11H2Cl11I/c12-1-2-3(13)5(15)8(18)6(16,9(5,19)11(2,22)23)4(2,14)7(3,17)10(8,20)21/h1H2. The van der Waals surface area contributed by atoms with Crippen molar-refractivity contribution in [2.24, 2.45) is 5.41 Å². The van der Waals surface area contributed by atoms with Crippen LogP contribution in [-0.2, 0) is 0 Å². The van der Waals surface area contributed by atoms with Gasteiger partial charge in [-0.15, -0.1) is 104 Å². The Kier molecular flexibility index (Phi) is 3.14. The highest BCUT2D eigenvalue weighted by atomic mass is 127. The van der Waals surface area contributed by atoms with Gasteiger partial charge in [-0.2, -0.15) is 0 Å². The maximum absolute atomic E-state index is 7.03. The number of alkyl halides is 12. The fourth-order valence-corrected chi connectivity index (χ4v) is 18.6.